The number of methoxy groups -OCH3 is 1. The van der Waals surface area contributed by atoms with Crippen LogP contribution in [0.15, 0.2) is 28.7 Å². The largest absolute Gasteiger partial charge is 0.497 e. The van der Waals surface area contributed by atoms with Crippen molar-refractivity contribution >= 4 is 0 Å². The molecule has 6 heteroatoms. The molecule has 0 spiro atoms. The van der Waals surface area contributed by atoms with E-state index in [4.69, 9.17) is 19.6 Å². The van der Waals surface area contributed by atoms with Crippen LogP contribution in [0.25, 0.3) is 0 Å². The summed E-state index contributed by atoms with van der Waals surface area (Å²) in [6.07, 6.45) is 1.53. The van der Waals surface area contributed by atoms with Gasteiger partial charge in [-0.25, -0.2) is 0 Å². The van der Waals surface area contributed by atoms with Crippen molar-refractivity contribution in [3.63, 3.8) is 0 Å². The molecule has 0 fully saturated rings. The van der Waals surface area contributed by atoms with Crippen LogP contribution in [0, 0.1) is 0 Å². The Hall–Kier alpha value is -2.08. The van der Waals surface area contributed by atoms with E-state index in [9.17, 15) is 0 Å². The molecule has 6 nitrogen and oxygen atoms in total. The maximum atomic E-state index is 5.53. The second kappa shape index (κ2) is 6.75. The van der Waals surface area contributed by atoms with E-state index in [1.165, 1.54) is 0 Å². The first-order valence-corrected chi connectivity index (χ1v) is 6.10. The molecule has 102 valence electrons. The van der Waals surface area contributed by atoms with Gasteiger partial charge in [0.05, 0.1) is 7.11 Å². The molecule has 0 radical (unpaired) electrons. The standard InChI is InChI=1S/C13H17N3O3/c1-17-10-4-6-11(7-5-10)18-9-13-16-15-12(19-13)3-2-8-14/h4-7H,2-3,8-9,14H2,1H3. The lowest BCUT2D eigenvalue weighted by molar-refractivity contribution is 0.258. The molecule has 1 aromatic carbocycles. The highest BCUT2D eigenvalue weighted by atomic mass is 16.5. The first kappa shape index (κ1) is 13.4. The van der Waals surface area contributed by atoms with Crippen molar-refractivity contribution in [1.82, 2.24) is 10.2 Å². The Morgan fingerprint density at radius 1 is 1.11 bits per heavy atom. The summed E-state index contributed by atoms with van der Waals surface area (Å²) in [5.41, 5.74) is 5.42. The van der Waals surface area contributed by atoms with Crippen LogP contribution in [-0.4, -0.2) is 23.9 Å². The third-order valence-electron chi connectivity index (χ3n) is 2.53. The maximum Gasteiger partial charge on any atom is 0.253 e. The van der Waals surface area contributed by atoms with Gasteiger partial charge in [-0.15, -0.1) is 10.2 Å². The van der Waals surface area contributed by atoms with Gasteiger partial charge in [-0.05, 0) is 37.2 Å². The van der Waals surface area contributed by atoms with Gasteiger partial charge in [0.1, 0.15) is 11.5 Å². The van der Waals surface area contributed by atoms with Crippen molar-refractivity contribution in [1.29, 1.82) is 0 Å². The predicted molar refractivity (Wildman–Crippen MR) is 69.0 cm³/mol. The van der Waals surface area contributed by atoms with Crippen molar-refractivity contribution in [2.24, 2.45) is 5.73 Å². The molecular formula is C13H17N3O3. The van der Waals surface area contributed by atoms with E-state index >= 15 is 0 Å². The zero-order chi connectivity index (χ0) is 13.5. The first-order valence-electron chi connectivity index (χ1n) is 6.10. The fourth-order valence-electron chi connectivity index (χ4n) is 1.52. The van der Waals surface area contributed by atoms with E-state index in [2.05, 4.69) is 10.2 Å². The number of ether oxygens (including phenoxy) is 2. The number of benzene rings is 1. The van der Waals surface area contributed by atoms with Gasteiger partial charge >= 0.3 is 0 Å². The van der Waals surface area contributed by atoms with Crippen LogP contribution in [-0.2, 0) is 13.0 Å². The zero-order valence-corrected chi connectivity index (χ0v) is 10.8. The summed E-state index contributed by atoms with van der Waals surface area (Å²) in [5.74, 6) is 2.57. The van der Waals surface area contributed by atoms with Crippen LogP contribution in [0.2, 0.25) is 0 Å². The minimum atomic E-state index is 0.252. The van der Waals surface area contributed by atoms with E-state index in [0.717, 1.165) is 17.9 Å². The molecule has 1 heterocycles. The highest BCUT2D eigenvalue weighted by molar-refractivity contribution is 5.31. The van der Waals surface area contributed by atoms with Crippen molar-refractivity contribution in [3.05, 3.63) is 36.0 Å². The fourth-order valence-corrected chi connectivity index (χ4v) is 1.52. The molecule has 2 N–H and O–H groups in total. The summed E-state index contributed by atoms with van der Waals surface area (Å²) >= 11 is 0. The number of aromatic nitrogens is 2. The van der Waals surface area contributed by atoms with Gasteiger partial charge in [0.15, 0.2) is 6.61 Å². The smallest absolute Gasteiger partial charge is 0.253 e. The molecule has 1 aromatic heterocycles. The summed E-state index contributed by atoms with van der Waals surface area (Å²) in [5, 5.41) is 7.83. The van der Waals surface area contributed by atoms with Gasteiger partial charge in [-0.1, -0.05) is 0 Å². The minimum absolute atomic E-state index is 0.252. The Morgan fingerprint density at radius 2 is 1.79 bits per heavy atom. The molecule has 0 saturated carbocycles. The number of rotatable bonds is 7. The Balaban J connectivity index is 1.85. The molecule has 2 rings (SSSR count). The number of hydrogen-bond acceptors (Lipinski definition) is 6. The monoisotopic (exact) mass is 263 g/mol. The topological polar surface area (TPSA) is 83.4 Å². The van der Waals surface area contributed by atoms with Crippen molar-refractivity contribution in [3.8, 4) is 11.5 Å². The molecule has 19 heavy (non-hydrogen) atoms. The average Bonchev–Trinajstić information content (AvgIpc) is 2.91. The summed E-state index contributed by atoms with van der Waals surface area (Å²) < 4.78 is 16.0. The quantitative estimate of drug-likeness (QED) is 0.816. The second-order valence-electron chi connectivity index (χ2n) is 3.95. The fraction of sp³-hybridized carbons (Fsp3) is 0.385. The van der Waals surface area contributed by atoms with Gasteiger partial charge in [-0.3, -0.25) is 0 Å². The molecule has 0 bridgehead atoms. The summed E-state index contributed by atoms with van der Waals surface area (Å²) in [7, 11) is 1.62. The molecular weight excluding hydrogens is 246 g/mol. The van der Waals surface area contributed by atoms with Crippen LogP contribution < -0.4 is 15.2 Å². The Kier molecular flexibility index (Phi) is 4.74. The lowest BCUT2D eigenvalue weighted by Gasteiger charge is -2.04. The molecule has 0 aliphatic rings. The van der Waals surface area contributed by atoms with Crippen LogP contribution in [0.5, 0.6) is 11.5 Å². The SMILES string of the molecule is COc1ccc(OCc2nnc(CCCN)o2)cc1. The number of aryl methyl sites for hydroxylation is 1. The van der Waals surface area contributed by atoms with E-state index in [-0.39, 0.29) is 6.61 Å². The van der Waals surface area contributed by atoms with Gasteiger partial charge in [0.2, 0.25) is 5.89 Å². The zero-order valence-electron chi connectivity index (χ0n) is 10.8. The lowest BCUT2D eigenvalue weighted by atomic mass is 10.3. The molecule has 0 aliphatic heterocycles. The van der Waals surface area contributed by atoms with E-state index in [1.807, 2.05) is 24.3 Å². The highest BCUT2D eigenvalue weighted by Gasteiger charge is 2.06. The molecule has 2 aromatic rings. The summed E-state index contributed by atoms with van der Waals surface area (Å²) in [6, 6.07) is 7.31. The third kappa shape index (κ3) is 3.96. The van der Waals surface area contributed by atoms with Crippen molar-refractivity contribution in [2.45, 2.75) is 19.4 Å². The average molecular weight is 263 g/mol. The van der Waals surface area contributed by atoms with Crippen LogP contribution >= 0.6 is 0 Å². The Bertz CT molecular complexity index is 496. The molecule has 0 unspecified atom stereocenters. The van der Waals surface area contributed by atoms with Gasteiger partial charge in [0.25, 0.3) is 5.89 Å². The van der Waals surface area contributed by atoms with E-state index in [0.29, 0.717) is 24.7 Å². The molecule has 0 atom stereocenters. The van der Waals surface area contributed by atoms with Gasteiger partial charge in [0, 0.05) is 6.42 Å². The number of nitrogens with two attached hydrogens (primary N) is 1. The van der Waals surface area contributed by atoms with Crippen molar-refractivity contribution in [2.75, 3.05) is 13.7 Å². The number of nitrogens with zero attached hydrogens (tertiary/aromatic N) is 2. The van der Waals surface area contributed by atoms with Gasteiger partial charge in [-0.2, -0.15) is 0 Å². The van der Waals surface area contributed by atoms with Crippen LogP contribution in [0.3, 0.4) is 0 Å². The molecule has 0 saturated heterocycles. The van der Waals surface area contributed by atoms with E-state index in [1.54, 1.807) is 7.11 Å². The molecule has 0 aliphatic carbocycles. The lowest BCUT2D eigenvalue weighted by Crippen LogP contribution is -2.00. The normalized spacial score (nSPS) is 10.4. The first-order chi connectivity index (χ1) is 9.31. The van der Waals surface area contributed by atoms with Crippen LogP contribution in [0.1, 0.15) is 18.2 Å². The summed E-state index contributed by atoms with van der Waals surface area (Å²) in [6.45, 7) is 0.863. The number of hydrogen-bond donors (Lipinski definition) is 1. The third-order valence-corrected chi connectivity index (χ3v) is 2.53. The Morgan fingerprint density at radius 3 is 2.47 bits per heavy atom. The van der Waals surface area contributed by atoms with Crippen LogP contribution in [0.4, 0.5) is 0 Å². The maximum absolute atomic E-state index is 5.53. The van der Waals surface area contributed by atoms with Gasteiger partial charge < -0.3 is 19.6 Å². The predicted octanol–water partition coefficient (Wildman–Crippen LogP) is 1.55. The van der Waals surface area contributed by atoms with E-state index < -0.39 is 0 Å². The highest BCUT2D eigenvalue weighted by Crippen LogP contribution is 2.18. The minimum Gasteiger partial charge on any atom is -0.497 e. The summed E-state index contributed by atoms with van der Waals surface area (Å²) in [4.78, 5) is 0. The second-order valence-corrected chi connectivity index (χ2v) is 3.95. The molecule has 0 amide bonds. The Labute approximate surface area is 111 Å². The van der Waals surface area contributed by atoms with Crippen molar-refractivity contribution < 1.29 is 13.9 Å².